The zero-order chi connectivity index (χ0) is 26.6. The maximum Gasteiger partial charge on any atom is 0.408 e. The van der Waals surface area contributed by atoms with Gasteiger partial charge in [0.05, 0.1) is 7.11 Å². The fourth-order valence-corrected chi connectivity index (χ4v) is 4.02. The van der Waals surface area contributed by atoms with Gasteiger partial charge < -0.3 is 25.0 Å². The predicted octanol–water partition coefficient (Wildman–Crippen LogP) is 4.75. The number of nitrogens with one attached hydrogen (secondary N) is 2. The van der Waals surface area contributed by atoms with Gasteiger partial charge in [-0.05, 0) is 87.9 Å². The molecule has 2 aromatic rings. The molecule has 8 heteroatoms. The lowest BCUT2D eigenvalue weighted by Crippen LogP contribution is -2.48. The van der Waals surface area contributed by atoms with E-state index >= 15 is 0 Å². The molecule has 3 unspecified atom stereocenters. The highest BCUT2D eigenvalue weighted by atomic mass is 16.6. The van der Waals surface area contributed by atoms with E-state index in [1.54, 1.807) is 57.0 Å². The number of nitrogens with zero attached hydrogens (tertiary/aromatic N) is 1. The Balaban J connectivity index is 1.91. The van der Waals surface area contributed by atoms with Crippen LogP contribution >= 0.6 is 0 Å². The molecule has 2 N–H and O–H groups in total. The SMILES string of the molecule is COc1ccc(NC(=O)C(c2ccc(C)c(C)c2)N(C(=O)CNC(=O)OC(C)(C)C)C2CC2C)cc1. The minimum absolute atomic E-state index is 0.105. The molecule has 194 valence electrons. The van der Waals surface area contributed by atoms with Crippen molar-refractivity contribution in [3.05, 3.63) is 59.2 Å². The zero-order valence-corrected chi connectivity index (χ0v) is 22.2. The summed E-state index contributed by atoms with van der Waals surface area (Å²) >= 11 is 0. The summed E-state index contributed by atoms with van der Waals surface area (Å²) in [5.74, 6) is 0.255. The Morgan fingerprint density at radius 3 is 2.22 bits per heavy atom. The Hall–Kier alpha value is -3.55. The summed E-state index contributed by atoms with van der Waals surface area (Å²) in [6, 6.07) is 11.8. The van der Waals surface area contributed by atoms with Crippen LogP contribution in [0.5, 0.6) is 5.75 Å². The Morgan fingerprint density at radius 1 is 1.06 bits per heavy atom. The number of carbonyl (C=O) groups excluding carboxylic acids is 3. The molecule has 1 aliphatic carbocycles. The van der Waals surface area contributed by atoms with Crippen LogP contribution in [0.15, 0.2) is 42.5 Å². The van der Waals surface area contributed by atoms with Crippen molar-refractivity contribution in [3.8, 4) is 5.75 Å². The number of ether oxygens (including phenoxy) is 2. The summed E-state index contributed by atoms with van der Waals surface area (Å²) in [6.07, 6.45) is 0.111. The number of amides is 3. The van der Waals surface area contributed by atoms with E-state index < -0.39 is 17.7 Å². The third-order valence-electron chi connectivity index (χ3n) is 6.23. The molecule has 3 atom stereocenters. The van der Waals surface area contributed by atoms with Crippen LogP contribution in [0, 0.1) is 19.8 Å². The lowest BCUT2D eigenvalue weighted by Gasteiger charge is -2.32. The van der Waals surface area contributed by atoms with Crippen molar-refractivity contribution < 1.29 is 23.9 Å². The molecule has 1 saturated carbocycles. The average Bonchev–Trinajstić information content (AvgIpc) is 3.52. The van der Waals surface area contributed by atoms with Crippen molar-refractivity contribution in [2.45, 2.75) is 65.6 Å². The van der Waals surface area contributed by atoms with Gasteiger partial charge in [0.2, 0.25) is 5.91 Å². The van der Waals surface area contributed by atoms with Crippen LogP contribution in [0.2, 0.25) is 0 Å². The van der Waals surface area contributed by atoms with Crippen LogP contribution in [0.3, 0.4) is 0 Å². The van der Waals surface area contributed by atoms with Crippen molar-refractivity contribution in [3.63, 3.8) is 0 Å². The largest absolute Gasteiger partial charge is 0.497 e. The average molecular weight is 496 g/mol. The summed E-state index contributed by atoms with van der Waals surface area (Å²) in [5, 5.41) is 5.50. The molecule has 2 aromatic carbocycles. The van der Waals surface area contributed by atoms with E-state index in [4.69, 9.17) is 9.47 Å². The van der Waals surface area contributed by atoms with Crippen molar-refractivity contribution in [2.24, 2.45) is 5.92 Å². The number of rotatable bonds is 8. The number of carbonyl (C=O) groups is 3. The van der Waals surface area contributed by atoms with E-state index in [-0.39, 0.29) is 30.3 Å². The maximum atomic E-state index is 13.7. The molecule has 1 fully saturated rings. The van der Waals surface area contributed by atoms with Gasteiger partial charge in [0, 0.05) is 11.7 Å². The van der Waals surface area contributed by atoms with Gasteiger partial charge in [-0.25, -0.2) is 4.79 Å². The van der Waals surface area contributed by atoms with E-state index in [1.165, 1.54) is 0 Å². The van der Waals surface area contributed by atoms with Gasteiger partial charge in [-0.2, -0.15) is 0 Å². The van der Waals surface area contributed by atoms with Gasteiger partial charge in [-0.3, -0.25) is 9.59 Å². The summed E-state index contributed by atoms with van der Waals surface area (Å²) in [7, 11) is 1.58. The van der Waals surface area contributed by atoms with E-state index in [0.717, 1.165) is 17.5 Å². The summed E-state index contributed by atoms with van der Waals surface area (Å²) in [4.78, 5) is 41.0. The van der Waals surface area contributed by atoms with Gasteiger partial charge in [0.15, 0.2) is 0 Å². The van der Waals surface area contributed by atoms with Crippen LogP contribution in [0.1, 0.15) is 56.8 Å². The first-order chi connectivity index (χ1) is 16.9. The summed E-state index contributed by atoms with van der Waals surface area (Å²) < 4.78 is 10.5. The first kappa shape index (κ1) is 27.0. The molecule has 0 aliphatic heterocycles. The Kier molecular flexibility index (Phi) is 8.28. The molecule has 1 aliphatic rings. The van der Waals surface area contributed by atoms with Crippen molar-refractivity contribution >= 4 is 23.6 Å². The van der Waals surface area contributed by atoms with Gasteiger partial charge >= 0.3 is 6.09 Å². The smallest absolute Gasteiger partial charge is 0.408 e. The van der Waals surface area contributed by atoms with Crippen LogP contribution in [0.4, 0.5) is 10.5 Å². The molecule has 0 aromatic heterocycles. The molecular formula is C28H37N3O5. The summed E-state index contributed by atoms with van der Waals surface area (Å²) in [6.45, 7) is 11.0. The second kappa shape index (κ2) is 11.0. The minimum atomic E-state index is -0.866. The van der Waals surface area contributed by atoms with Crippen molar-refractivity contribution in [1.82, 2.24) is 10.2 Å². The van der Waals surface area contributed by atoms with Gasteiger partial charge in [0.1, 0.15) is 23.9 Å². The van der Waals surface area contributed by atoms with Gasteiger partial charge in [0.25, 0.3) is 5.91 Å². The number of hydrogen-bond donors (Lipinski definition) is 2. The Morgan fingerprint density at radius 2 is 1.69 bits per heavy atom. The third-order valence-corrected chi connectivity index (χ3v) is 6.23. The van der Waals surface area contributed by atoms with Crippen LogP contribution in [0.25, 0.3) is 0 Å². The van der Waals surface area contributed by atoms with Crippen LogP contribution in [-0.2, 0) is 14.3 Å². The normalized spacial score (nSPS) is 17.5. The predicted molar refractivity (Wildman–Crippen MR) is 139 cm³/mol. The van der Waals surface area contributed by atoms with Gasteiger partial charge in [-0.1, -0.05) is 25.1 Å². The molecule has 0 saturated heterocycles. The highest BCUT2D eigenvalue weighted by molar-refractivity contribution is 5.98. The van der Waals surface area contributed by atoms with E-state index in [0.29, 0.717) is 17.0 Å². The highest BCUT2D eigenvalue weighted by Crippen LogP contribution is 2.40. The zero-order valence-electron chi connectivity index (χ0n) is 22.2. The van der Waals surface area contributed by atoms with Crippen LogP contribution in [-0.4, -0.2) is 48.1 Å². The number of alkyl carbamates (subject to hydrolysis) is 1. The quantitative estimate of drug-likeness (QED) is 0.551. The Labute approximate surface area is 213 Å². The monoisotopic (exact) mass is 495 g/mol. The topological polar surface area (TPSA) is 97.0 Å². The fourth-order valence-electron chi connectivity index (χ4n) is 4.02. The molecule has 36 heavy (non-hydrogen) atoms. The second-order valence-electron chi connectivity index (χ2n) is 10.4. The number of methoxy groups -OCH3 is 1. The fraction of sp³-hybridized carbons (Fsp3) is 0.464. The van der Waals surface area contributed by atoms with Crippen molar-refractivity contribution in [2.75, 3.05) is 19.0 Å². The number of aryl methyl sites for hydroxylation is 2. The van der Waals surface area contributed by atoms with Gasteiger partial charge in [-0.15, -0.1) is 0 Å². The Bertz CT molecular complexity index is 1110. The van der Waals surface area contributed by atoms with E-state index in [1.807, 2.05) is 39.0 Å². The van der Waals surface area contributed by atoms with E-state index in [9.17, 15) is 14.4 Å². The molecule has 3 amide bonds. The number of benzene rings is 2. The third kappa shape index (κ3) is 6.99. The van der Waals surface area contributed by atoms with Crippen LogP contribution < -0.4 is 15.4 Å². The molecule has 0 bridgehead atoms. The first-order valence-corrected chi connectivity index (χ1v) is 12.2. The summed E-state index contributed by atoms with van der Waals surface area (Å²) in [5.41, 5.74) is 2.75. The number of hydrogen-bond acceptors (Lipinski definition) is 5. The molecule has 8 nitrogen and oxygen atoms in total. The standard InChI is InChI=1S/C28H37N3O5/c1-17-8-9-20(14-18(17)2)25(26(33)30-21-10-12-22(35-7)13-11-21)31(23-15-19(23)3)24(32)16-29-27(34)36-28(4,5)6/h8-14,19,23,25H,15-16H2,1-7H3,(H,29,34)(H,30,33). The van der Waals surface area contributed by atoms with Crippen molar-refractivity contribution in [1.29, 1.82) is 0 Å². The number of anilines is 1. The molecule has 0 heterocycles. The maximum absolute atomic E-state index is 13.7. The highest BCUT2D eigenvalue weighted by Gasteiger charge is 2.46. The lowest BCUT2D eigenvalue weighted by atomic mass is 9.98. The lowest BCUT2D eigenvalue weighted by molar-refractivity contribution is -0.139. The molecule has 0 radical (unpaired) electrons. The minimum Gasteiger partial charge on any atom is -0.497 e. The second-order valence-corrected chi connectivity index (χ2v) is 10.4. The first-order valence-electron chi connectivity index (χ1n) is 12.2. The molecule has 0 spiro atoms. The molecule has 3 rings (SSSR count). The van der Waals surface area contributed by atoms with E-state index in [2.05, 4.69) is 10.6 Å². The molecular weight excluding hydrogens is 458 g/mol.